The Morgan fingerprint density at radius 3 is 2.22 bits per heavy atom. The fraction of sp³-hybridized carbons (Fsp3) is 0.773. The van der Waals surface area contributed by atoms with Gasteiger partial charge in [0.05, 0.1) is 30.5 Å². The van der Waals surface area contributed by atoms with Crippen LogP contribution in [0.5, 0.6) is 0 Å². The number of fused-ring (bicyclic) bond motifs is 3. The van der Waals surface area contributed by atoms with Crippen LogP contribution in [0, 0.1) is 29.6 Å². The molecular weight excluding hydrogens is 750 g/mol. The molecule has 3 fully saturated rings. The first-order valence-corrected chi connectivity index (χ1v) is 20.9. The lowest BCUT2D eigenvalue weighted by Crippen LogP contribution is -2.64. The molecule has 1 aliphatic carbocycles. The molecule has 0 spiro atoms. The Morgan fingerprint density at radius 2 is 1.59 bits per heavy atom. The molecule has 3 aliphatic heterocycles. The van der Waals surface area contributed by atoms with Crippen LogP contribution >= 0.6 is 0 Å². The molecule has 0 radical (unpaired) electrons. The number of methoxy groups -OCH3 is 3. The van der Waals surface area contributed by atoms with E-state index >= 15 is 0 Å². The molecule has 2 unspecified atom stereocenters. The summed E-state index contributed by atoms with van der Waals surface area (Å²) in [6.07, 6.45) is 4.93. The number of nitrogens with zero attached hydrogens (tertiary/aromatic N) is 1. The molecule has 14 nitrogen and oxygen atoms in total. The van der Waals surface area contributed by atoms with E-state index in [1.54, 1.807) is 27.0 Å². The first-order valence-electron chi connectivity index (χ1n) is 20.9. The molecule has 14 heteroatoms. The van der Waals surface area contributed by atoms with Gasteiger partial charge in [-0.25, -0.2) is 4.79 Å². The Hall–Kier alpha value is -2.82. The zero-order valence-corrected chi connectivity index (χ0v) is 35.9. The third-order valence-electron chi connectivity index (χ3n) is 12.9. The van der Waals surface area contributed by atoms with Gasteiger partial charge in [-0.3, -0.25) is 14.4 Å². The second kappa shape index (κ2) is 22.1. The van der Waals surface area contributed by atoms with Crippen LogP contribution in [0.4, 0.5) is 0 Å². The summed E-state index contributed by atoms with van der Waals surface area (Å²) in [7, 11) is 4.61. The SMILES string of the molecule is C=CC[C@@H]1/C=C(\C)C[C@H](C)CC(OC)[C@H]2O[C@@](O)(C(=O)C(=O)N3CCCC[C@H]3C(=O)OC(/C(C)=C/[C@@H]3CC[C@@H](O)[C@H](OC)C3)[C@H](C)[C@@H](O)CC1=O)[C@H](C)C[C@@H]2OC.O. The Bertz CT molecular complexity index is 1480. The fourth-order valence-electron chi connectivity index (χ4n) is 9.42. The van der Waals surface area contributed by atoms with Crippen molar-refractivity contribution < 1.29 is 63.7 Å². The molecule has 1 amide bonds. The van der Waals surface area contributed by atoms with Crippen LogP contribution in [0.2, 0.25) is 0 Å². The molecule has 2 bridgehead atoms. The van der Waals surface area contributed by atoms with Crippen LogP contribution in [0.1, 0.15) is 105 Å². The lowest BCUT2D eigenvalue weighted by molar-refractivity contribution is -0.302. The topological polar surface area (TPSA) is 210 Å². The van der Waals surface area contributed by atoms with Crippen LogP contribution in [-0.4, -0.2) is 132 Å². The fourth-order valence-corrected chi connectivity index (χ4v) is 9.42. The molecule has 5 N–H and O–H groups in total. The highest BCUT2D eigenvalue weighted by molar-refractivity contribution is 6.39. The van der Waals surface area contributed by atoms with Gasteiger partial charge in [-0.2, -0.15) is 0 Å². The van der Waals surface area contributed by atoms with Crippen molar-refractivity contribution in [1.82, 2.24) is 4.90 Å². The van der Waals surface area contributed by atoms with E-state index in [4.69, 9.17) is 23.7 Å². The third-order valence-corrected chi connectivity index (χ3v) is 12.9. The molecule has 14 atom stereocenters. The van der Waals surface area contributed by atoms with Gasteiger partial charge in [0.2, 0.25) is 5.79 Å². The van der Waals surface area contributed by atoms with E-state index in [9.17, 15) is 34.5 Å². The van der Waals surface area contributed by atoms with Crippen molar-refractivity contribution in [2.75, 3.05) is 27.9 Å². The molecular formula is C44H71NO13. The monoisotopic (exact) mass is 821 g/mol. The van der Waals surface area contributed by atoms with E-state index in [1.807, 2.05) is 32.9 Å². The van der Waals surface area contributed by atoms with Gasteiger partial charge in [-0.15, -0.1) is 6.58 Å². The minimum absolute atomic E-state index is 0. The highest BCUT2D eigenvalue weighted by Gasteiger charge is 2.56. The van der Waals surface area contributed by atoms with Crippen molar-refractivity contribution in [3.63, 3.8) is 0 Å². The molecule has 2 saturated heterocycles. The minimum atomic E-state index is -2.51. The number of ketones is 2. The van der Waals surface area contributed by atoms with E-state index in [2.05, 4.69) is 6.58 Å². The number of hydrogen-bond acceptors (Lipinski definition) is 12. The maximum atomic E-state index is 14.3. The van der Waals surface area contributed by atoms with Crippen LogP contribution in [0.3, 0.4) is 0 Å². The molecule has 330 valence electrons. The Morgan fingerprint density at radius 1 is 0.931 bits per heavy atom. The van der Waals surface area contributed by atoms with Crippen LogP contribution < -0.4 is 0 Å². The van der Waals surface area contributed by atoms with Crippen molar-refractivity contribution >= 4 is 23.4 Å². The third kappa shape index (κ3) is 11.7. The van der Waals surface area contributed by atoms with E-state index in [0.717, 1.165) is 5.57 Å². The van der Waals surface area contributed by atoms with Crippen molar-refractivity contribution in [3.8, 4) is 0 Å². The van der Waals surface area contributed by atoms with Gasteiger partial charge in [-0.05, 0) is 95.5 Å². The largest absolute Gasteiger partial charge is 0.456 e. The van der Waals surface area contributed by atoms with Gasteiger partial charge in [0.15, 0.2) is 0 Å². The smallest absolute Gasteiger partial charge is 0.329 e. The van der Waals surface area contributed by atoms with Crippen molar-refractivity contribution in [3.05, 3.63) is 36.0 Å². The second-order valence-electron chi connectivity index (χ2n) is 17.3. The van der Waals surface area contributed by atoms with Crippen LogP contribution in [-0.2, 0) is 42.9 Å². The van der Waals surface area contributed by atoms with E-state index < -0.39 is 83.9 Å². The Kier molecular flexibility index (Phi) is 18.9. The number of cyclic esters (lactones) is 1. The van der Waals surface area contributed by atoms with Gasteiger partial charge in [0.1, 0.15) is 24.0 Å². The maximum Gasteiger partial charge on any atom is 0.329 e. The summed E-state index contributed by atoms with van der Waals surface area (Å²) in [6, 6.07) is -1.14. The lowest BCUT2D eigenvalue weighted by Gasteiger charge is -2.47. The number of carbonyl (C=O) groups is 4. The number of aliphatic hydroxyl groups excluding tert-OH is 2. The van der Waals surface area contributed by atoms with Crippen molar-refractivity contribution in [2.45, 2.75) is 160 Å². The predicted octanol–water partition coefficient (Wildman–Crippen LogP) is 3.81. The van der Waals surface area contributed by atoms with Crippen molar-refractivity contribution in [1.29, 1.82) is 0 Å². The van der Waals surface area contributed by atoms with Crippen LogP contribution in [0.15, 0.2) is 36.0 Å². The summed E-state index contributed by atoms with van der Waals surface area (Å²) in [5, 5.41) is 34.1. The summed E-state index contributed by atoms with van der Waals surface area (Å²) >= 11 is 0. The first-order chi connectivity index (χ1) is 27.0. The summed E-state index contributed by atoms with van der Waals surface area (Å²) in [5.74, 6) is -7.76. The molecule has 4 rings (SSSR count). The molecule has 1 saturated carbocycles. The van der Waals surface area contributed by atoms with E-state index in [-0.39, 0.29) is 55.0 Å². The number of Topliss-reactive ketones (excluding diaryl/α,β-unsaturated/α-hetero) is 2. The number of hydrogen-bond donors (Lipinski definition) is 3. The number of carbonyl (C=O) groups excluding carboxylic acids is 4. The maximum absolute atomic E-state index is 14.3. The number of ether oxygens (including phenoxy) is 5. The molecule has 0 aromatic carbocycles. The van der Waals surface area contributed by atoms with Gasteiger partial charge < -0.3 is 49.4 Å². The molecule has 0 aromatic rings. The zero-order chi connectivity index (χ0) is 42.2. The molecule has 0 aromatic heterocycles. The number of esters is 1. The predicted molar refractivity (Wildman–Crippen MR) is 216 cm³/mol. The van der Waals surface area contributed by atoms with Gasteiger partial charge in [0, 0.05) is 52.0 Å². The van der Waals surface area contributed by atoms with Gasteiger partial charge in [-0.1, -0.05) is 44.6 Å². The van der Waals surface area contributed by atoms with Crippen LogP contribution in [0.25, 0.3) is 0 Å². The van der Waals surface area contributed by atoms with Gasteiger partial charge in [0.25, 0.3) is 11.7 Å². The number of amides is 1. The summed E-state index contributed by atoms with van der Waals surface area (Å²) < 4.78 is 29.7. The normalized spacial score (nSPS) is 40.3. The molecule has 3 heterocycles. The average Bonchev–Trinajstić information content (AvgIpc) is 3.18. The lowest BCUT2D eigenvalue weighted by atomic mass is 9.81. The average molecular weight is 822 g/mol. The second-order valence-corrected chi connectivity index (χ2v) is 17.3. The standard InChI is InChI=1S/C44H69NO12.H2O/c1-10-13-31-19-25(2)18-26(3)20-37(54-8)40-38(55-9)22-28(5)44(52,57-40)41(49)42(50)45-17-12-11-14-32(45)43(51)56-39(29(6)34(47)24-35(31)48)27(4)21-30-15-16-33(46)36(23-30)53-7;/h10,19,21,26,28-34,36-40,46-47,52H,1,11-18,20,22-24H2,2-9H3;1H2/b25-19+,27-21+;/t26-,28+,29+,30-,31+,32-,33+,34-,36+,37?,38-,39?,40+,44+;/m0./s1. The quantitative estimate of drug-likeness (QED) is 0.190. The van der Waals surface area contributed by atoms with Crippen molar-refractivity contribution in [2.24, 2.45) is 29.6 Å². The zero-order valence-electron chi connectivity index (χ0n) is 35.9. The molecule has 4 aliphatic rings. The minimum Gasteiger partial charge on any atom is -0.456 e. The number of piperidine rings is 1. The Balaban J connectivity index is 0.00000900. The van der Waals surface area contributed by atoms with E-state index in [0.29, 0.717) is 56.9 Å². The summed E-state index contributed by atoms with van der Waals surface area (Å²) in [6.45, 7) is 13.1. The Labute approximate surface area is 344 Å². The summed E-state index contributed by atoms with van der Waals surface area (Å²) in [4.78, 5) is 57.8. The van der Waals surface area contributed by atoms with E-state index in [1.165, 1.54) is 19.1 Å². The highest BCUT2D eigenvalue weighted by atomic mass is 16.7. The van der Waals surface area contributed by atoms with Gasteiger partial charge >= 0.3 is 5.97 Å². The molecule has 58 heavy (non-hydrogen) atoms. The number of aliphatic hydroxyl groups is 3. The number of allylic oxidation sites excluding steroid dienone is 4. The highest BCUT2D eigenvalue weighted by Crippen LogP contribution is 2.39. The number of rotatable bonds is 7. The first kappa shape index (κ1) is 49.5. The summed E-state index contributed by atoms with van der Waals surface area (Å²) in [5.41, 5.74) is 1.61.